The molecule has 1 aromatic carbocycles. The van der Waals surface area contributed by atoms with Crippen molar-refractivity contribution in [2.75, 3.05) is 14.2 Å². The third-order valence-electron chi connectivity index (χ3n) is 3.10. The van der Waals surface area contributed by atoms with Gasteiger partial charge in [-0.2, -0.15) is 0 Å². The molecular weight excluding hydrogens is 288 g/mol. The van der Waals surface area contributed by atoms with Gasteiger partial charge in [0.15, 0.2) is 11.9 Å². The summed E-state index contributed by atoms with van der Waals surface area (Å²) in [4.78, 5) is 34.8. The summed E-state index contributed by atoms with van der Waals surface area (Å²) < 4.78 is 14.8. The molecule has 1 unspecified atom stereocenters. The highest BCUT2D eigenvalue weighted by Gasteiger charge is 2.22. The maximum Gasteiger partial charge on any atom is 0.342 e. The van der Waals surface area contributed by atoms with Gasteiger partial charge in [-0.3, -0.25) is 9.59 Å². The lowest BCUT2D eigenvalue weighted by atomic mass is 10.1. The summed E-state index contributed by atoms with van der Waals surface area (Å²) in [5, 5.41) is 0. The van der Waals surface area contributed by atoms with Gasteiger partial charge >= 0.3 is 11.9 Å². The molecule has 0 heterocycles. The molecule has 0 fully saturated rings. The largest absolute Gasteiger partial charge is 0.496 e. The molecule has 1 aromatic rings. The van der Waals surface area contributed by atoms with E-state index in [0.717, 1.165) is 0 Å². The zero-order chi connectivity index (χ0) is 16.5. The monoisotopic (exact) mass is 308 g/mol. The van der Waals surface area contributed by atoms with E-state index in [1.165, 1.54) is 21.1 Å². The van der Waals surface area contributed by atoms with Crippen LogP contribution >= 0.6 is 0 Å². The second-order valence-corrected chi connectivity index (χ2v) is 4.67. The highest BCUT2D eigenvalue weighted by Crippen LogP contribution is 2.20. The zero-order valence-electron chi connectivity index (χ0n) is 13.0. The lowest BCUT2D eigenvalue weighted by Crippen LogP contribution is -2.26. The first kappa shape index (κ1) is 17.7. The molecule has 0 aromatic heterocycles. The fourth-order valence-electron chi connectivity index (χ4n) is 1.88. The van der Waals surface area contributed by atoms with E-state index < -0.39 is 12.1 Å². The van der Waals surface area contributed by atoms with E-state index in [1.54, 1.807) is 24.3 Å². The summed E-state index contributed by atoms with van der Waals surface area (Å²) in [6, 6.07) is 6.61. The number of Topliss-reactive ketones (excluding diaryl/α,β-unsaturated/α-hetero) is 1. The summed E-state index contributed by atoms with van der Waals surface area (Å²) in [5.74, 6) is -0.883. The number of benzene rings is 1. The van der Waals surface area contributed by atoms with Crippen LogP contribution in [0.15, 0.2) is 24.3 Å². The Kier molecular flexibility index (Phi) is 7.08. The van der Waals surface area contributed by atoms with Gasteiger partial charge < -0.3 is 14.2 Å². The highest BCUT2D eigenvalue weighted by molar-refractivity contribution is 5.94. The van der Waals surface area contributed by atoms with Gasteiger partial charge in [0.05, 0.1) is 14.2 Å². The molecule has 0 aliphatic rings. The summed E-state index contributed by atoms with van der Waals surface area (Å²) in [5.41, 5.74) is 0.254. The fourth-order valence-corrected chi connectivity index (χ4v) is 1.88. The van der Waals surface area contributed by atoms with Gasteiger partial charge in [0.25, 0.3) is 0 Å². The summed E-state index contributed by atoms with van der Waals surface area (Å²) in [6.45, 7) is 1.35. The van der Waals surface area contributed by atoms with Gasteiger partial charge in [-0.05, 0) is 31.9 Å². The predicted molar refractivity (Wildman–Crippen MR) is 78.7 cm³/mol. The maximum atomic E-state index is 12.1. The van der Waals surface area contributed by atoms with Gasteiger partial charge in [0.1, 0.15) is 11.3 Å². The second-order valence-electron chi connectivity index (χ2n) is 4.67. The molecule has 0 saturated heterocycles. The van der Waals surface area contributed by atoms with Crippen LogP contribution in [0.3, 0.4) is 0 Å². The van der Waals surface area contributed by atoms with Crippen molar-refractivity contribution in [1.29, 1.82) is 0 Å². The number of ketones is 1. The number of hydrogen-bond acceptors (Lipinski definition) is 6. The van der Waals surface area contributed by atoms with Crippen LogP contribution in [0.25, 0.3) is 0 Å². The third kappa shape index (κ3) is 5.20. The fraction of sp³-hybridized carbons (Fsp3) is 0.438. The van der Waals surface area contributed by atoms with Crippen LogP contribution < -0.4 is 4.74 Å². The molecule has 0 amide bonds. The van der Waals surface area contributed by atoms with E-state index in [2.05, 4.69) is 4.74 Å². The molecule has 0 bridgehead atoms. The molecule has 6 nitrogen and oxygen atoms in total. The van der Waals surface area contributed by atoms with E-state index >= 15 is 0 Å². The van der Waals surface area contributed by atoms with Gasteiger partial charge in [-0.15, -0.1) is 0 Å². The summed E-state index contributed by atoms with van der Waals surface area (Å²) in [7, 11) is 2.75. The molecule has 0 spiro atoms. The number of carbonyl (C=O) groups is 3. The number of ether oxygens (including phenoxy) is 3. The first-order valence-electron chi connectivity index (χ1n) is 6.90. The smallest absolute Gasteiger partial charge is 0.342 e. The highest BCUT2D eigenvalue weighted by atomic mass is 16.5. The first-order chi connectivity index (χ1) is 10.5. The Bertz CT molecular complexity index is 537. The van der Waals surface area contributed by atoms with Gasteiger partial charge in [-0.25, -0.2) is 4.79 Å². The summed E-state index contributed by atoms with van der Waals surface area (Å²) >= 11 is 0. The maximum absolute atomic E-state index is 12.1. The number of rotatable bonds is 8. The molecule has 6 heteroatoms. The van der Waals surface area contributed by atoms with Crippen LogP contribution in [-0.4, -0.2) is 38.0 Å². The first-order valence-corrected chi connectivity index (χ1v) is 6.90. The average Bonchev–Trinajstić information content (AvgIpc) is 2.53. The number of methoxy groups -OCH3 is 2. The standard InChI is InChI=1S/C16H20O6/c1-11(17)13(9-6-10-15(18)21-3)22-16(19)12-7-4-5-8-14(12)20-2/h4-5,7-8,13H,6,9-10H2,1-3H3. The minimum atomic E-state index is -0.887. The van der Waals surface area contributed by atoms with Crippen LogP contribution in [0.4, 0.5) is 0 Å². The van der Waals surface area contributed by atoms with Crippen LogP contribution in [-0.2, 0) is 19.1 Å². The normalized spacial score (nSPS) is 11.4. The molecule has 0 N–H and O–H groups in total. The van der Waals surface area contributed by atoms with Crippen LogP contribution in [0.2, 0.25) is 0 Å². The molecule has 0 aliphatic carbocycles. The molecule has 0 saturated carbocycles. The van der Waals surface area contributed by atoms with Crippen molar-refractivity contribution in [1.82, 2.24) is 0 Å². The van der Waals surface area contributed by atoms with E-state index in [4.69, 9.17) is 9.47 Å². The lowest BCUT2D eigenvalue weighted by Gasteiger charge is -2.16. The summed E-state index contributed by atoms with van der Waals surface area (Å²) in [6.07, 6.45) is -0.0458. The van der Waals surface area contributed by atoms with E-state index in [0.29, 0.717) is 12.2 Å². The number of para-hydroxylation sites is 1. The molecule has 1 atom stereocenters. The van der Waals surface area contributed by atoms with E-state index in [9.17, 15) is 14.4 Å². The lowest BCUT2D eigenvalue weighted by molar-refractivity contribution is -0.141. The number of carbonyl (C=O) groups excluding carboxylic acids is 3. The SMILES string of the molecule is COC(=O)CCCC(OC(=O)c1ccccc1OC)C(C)=O. The van der Waals surface area contributed by atoms with Crippen molar-refractivity contribution < 1.29 is 28.6 Å². The van der Waals surface area contributed by atoms with Gasteiger partial charge in [0.2, 0.25) is 0 Å². The van der Waals surface area contributed by atoms with Crippen LogP contribution in [0, 0.1) is 0 Å². The average molecular weight is 308 g/mol. The molecule has 1 rings (SSSR count). The molecular formula is C16H20O6. The second kappa shape index (κ2) is 8.81. The molecule has 120 valence electrons. The Morgan fingerprint density at radius 1 is 1.14 bits per heavy atom. The van der Waals surface area contributed by atoms with Crippen molar-refractivity contribution >= 4 is 17.7 Å². The van der Waals surface area contributed by atoms with Gasteiger partial charge in [0, 0.05) is 6.42 Å². The minimum Gasteiger partial charge on any atom is -0.496 e. The van der Waals surface area contributed by atoms with Crippen LogP contribution in [0.5, 0.6) is 5.75 Å². The van der Waals surface area contributed by atoms with Crippen molar-refractivity contribution in [3.63, 3.8) is 0 Å². The Morgan fingerprint density at radius 2 is 1.82 bits per heavy atom. The Labute approximate surface area is 129 Å². The van der Waals surface area contributed by atoms with Crippen molar-refractivity contribution in [2.45, 2.75) is 32.3 Å². The third-order valence-corrected chi connectivity index (χ3v) is 3.10. The Balaban J connectivity index is 2.68. The minimum absolute atomic E-state index is 0.173. The topological polar surface area (TPSA) is 78.9 Å². The van der Waals surface area contributed by atoms with Crippen molar-refractivity contribution in [3.05, 3.63) is 29.8 Å². The Morgan fingerprint density at radius 3 is 2.41 bits per heavy atom. The van der Waals surface area contributed by atoms with Gasteiger partial charge in [-0.1, -0.05) is 12.1 Å². The predicted octanol–water partition coefficient (Wildman–Crippen LogP) is 2.15. The zero-order valence-corrected chi connectivity index (χ0v) is 13.0. The number of hydrogen-bond donors (Lipinski definition) is 0. The van der Waals surface area contributed by atoms with Crippen molar-refractivity contribution in [3.8, 4) is 5.75 Å². The van der Waals surface area contributed by atoms with E-state index in [-0.39, 0.29) is 30.2 Å². The quantitative estimate of drug-likeness (QED) is 0.685. The van der Waals surface area contributed by atoms with Crippen LogP contribution in [0.1, 0.15) is 36.5 Å². The molecule has 22 heavy (non-hydrogen) atoms. The molecule has 0 aliphatic heterocycles. The van der Waals surface area contributed by atoms with Crippen molar-refractivity contribution in [2.24, 2.45) is 0 Å². The molecule has 0 radical (unpaired) electrons. The number of esters is 2. The Hall–Kier alpha value is -2.37. The van der Waals surface area contributed by atoms with E-state index in [1.807, 2.05) is 0 Å².